The molecule has 0 fully saturated rings. The van der Waals surface area contributed by atoms with Gasteiger partial charge in [0.15, 0.2) is 6.10 Å². The number of hydrogen-bond acceptors (Lipinski definition) is 4. The van der Waals surface area contributed by atoms with Gasteiger partial charge in [-0.15, -0.1) is 6.58 Å². The van der Waals surface area contributed by atoms with Crippen LogP contribution in [0.2, 0.25) is 0 Å². The third kappa shape index (κ3) is 3.27. The van der Waals surface area contributed by atoms with Crippen molar-refractivity contribution in [3.8, 4) is 0 Å². The lowest BCUT2D eigenvalue weighted by molar-refractivity contribution is -0.158. The number of carbonyl (C=O) groups is 2. The van der Waals surface area contributed by atoms with Crippen LogP contribution in [0.3, 0.4) is 0 Å². The molecule has 0 spiro atoms. The number of ketones is 1. The molecule has 2 atom stereocenters. The highest BCUT2D eigenvalue weighted by Gasteiger charge is 2.31. The summed E-state index contributed by atoms with van der Waals surface area (Å²) in [5, 5.41) is 8.49. The molecule has 0 aliphatic rings. The van der Waals surface area contributed by atoms with Crippen molar-refractivity contribution < 1.29 is 24.2 Å². The third-order valence-corrected chi connectivity index (χ3v) is 1.76. The SMILES string of the molecule is C=CCC(OC)C(OC)C(=O)C(=O)O. The number of ether oxygens (including phenoxy) is 2. The molecular formula is C9H14O5. The van der Waals surface area contributed by atoms with Gasteiger partial charge in [0.1, 0.15) is 0 Å². The Morgan fingerprint density at radius 3 is 2.29 bits per heavy atom. The summed E-state index contributed by atoms with van der Waals surface area (Å²) in [6, 6.07) is 0. The second-order valence-corrected chi connectivity index (χ2v) is 2.62. The summed E-state index contributed by atoms with van der Waals surface area (Å²) in [7, 11) is 2.65. The first-order chi connectivity index (χ1) is 6.58. The van der Waals surface area contributed by atoms with Crippen molar-refractivity contribution in [3.05, 3.63) is 12.7 Å². The highest BCUT2D eigenvalue weighted by atomic mass is 16.5. The third-order valence-electron chi connectivity index (χ3n) is 1.76. The summed E-state index contributed by atoms with van der Waals surface area (Å²) in [4.78, 5) is 21.5. The second-order valence-electron chi connectivity index (χ2n) is 2.62. The molecule has 14 heavy (non-hydrogen) atoms. The van der Waals surface area contributed by atoms with Gasteiger partial charge in [0.25, 0.3) is 5.78 Å². The quantitative estimate of drug-likeness (QED) is 0.473. The molecule has 0 saturated carbocycles. The van der Waals surface area contributed by atoms with Crippen LogP contribution in [0, 0.1) is 0 Å². The Labute approximate surface area is 82.3 Å². The first-order valence-electron chi connectivity index (χ1n) is 4.02. The minimum absolute atomic E-state index is 0.355. The predicted octanol–water partition coefficient (Wildman–Crippen LogP) is 0.246. The largest absolute Gasteiger partial charge is 0.475 e. The summed E-state index contributed by atoms with van der Waals surface area (Å²) < 4.78 is 9.71. The minimum atomic E-state index is -1.53. The topological polar surface area (TPSA) is 72.8 Å². The van der Waals surface area contributed by atoms with E-state index in [-0.39, 0.29) is 0 Å². The van der Waals surface area contributed by atoms with E-state index in [4.69, 9.17) is 14.6 Å². The Bertz CT molecular complexity index is 223. The molecule has 0 aromatic rings. The predicted molar refractivity (Wildman–Crippen MR) is 49.1 cm³/mol. The second kappa shape index (κ2) is 6.28. The highest BCUT2D eigenvalue weighted by molar-refractivity contribution is 6.34. The Balaban J connectivity index is 4.57. The van der Waals surface area contributed by atoms with Crippen LogP contribution in [0.4, 0.5) is 0 Å². The van der Waals surface area contributed by atoms with Crippen LogP contribution in [0.1, 0.15) is 6.42 Å². The van der Waals surface area contributed by atoms with Gasteiger partial charge in [-0.05, 0) is 6.42 Å². The van der Waals surface area contributed by atoms with E-state index in [1.165, 1.54) is 20.3 Å². The number of carboxylic acids is 1. The number of aliphatic carboxylic acids is 1. The van der Waals surface area contributed by atoms with Crippen molar-refractivity contribution >= 4 is 11.8 Å². The zero-order chi connectivity index (χ0) is 11.1. The van der Waals surface area contributed by atoms with E-state index in [9.17, 15) is 9.59 Å². The molecule has 5 nitrogen and oxygen atoms in total. The molecule has 2 unspecified atom stereocenters. The lowest BCUT2D eigenvalue weighted by Gasteiger charge is -2.20. The van der Waals surface area contributed by atoms with Crippen molar-refractivity contribution in [2.45, 2.75) is 18.6 Å². The zero-order valence-corrected chi connectivity index (χ0v) is 8.23. The Morgan fingerprint density at radius 1 is 1.43 bits per heavy atom. The molecule has 0 aromatic heterocycles. The molecule has 0 radical (unpaired) electrons. The molecule has 0 aliphatic heterocycles. The van der Waals surface area contributed by atoms with Crippen molar-refractivity contribution in [3.63, 3.8) is 0 Å². The molecule has 0 aliphatic carbocycles. The van der Waals surface area contributed by atoms with Gasteiger partial charge in [-0.25, -0.2) is 4.79 Å². The van der Waals surface area contributed by atoms with Gasteiger partial charge in [0.2, 0.25) is 0 Å². The summed E-state index contributed by atoms with van der Waals surface area (Å²) in [6.45, 7) is 3.48. The van der Waals surface area contributed by atoms with Crippen LogP contribution in [0.15, 0.2) is 12.7 Å². The number of methoxy groups -OCH3 is 2. The fourth-order valence-electron chi connectivity index (χ4n) is 1.06. The normalized spacial score (nSPS) is 14.4. The maximum Gasteiger partial charge on any atom is 0.375 e. The molecule has 0 amide bonds. The van der Waals surface area contributed by atoms with Crippen LogP contribution in [-0.4, -0.2) is 43.3 Å². The number of hydrogen-bond donors (Lipinski definition) is 1. The fourth-order valence-corrected chi connectivity index (χ4v) is 1.06. The van der Waals surface area contributed by atoms with Crippen LogP contribution in [0.25, 0.3) is 0 Å². The van der Waals surface area contributed by atoms with E-state index >= 15 is 0 Å². The molecule has 5 heteroatoms. The number of rotatable bonds is 7. The van der Waals surface area contributed by atoms with Gasteiger partial charge < -0.3 is 14.6 Å². The maximum absolute atomic E-state index is 11.1. The zero-order valence-electron chi connectivity index (χ0n) is 8.23. The van der Waals surface area contributed by atoms with Gasteiger partial charge in [0.05, 0.1) is 6.10 Å². The molecule has 80 valence electrons. The van der Waals surface area contributed by atoms with E-state index in [0.717, 1.165) is 0 Å². The van der Waals surface area contributed by atoms with Crippen molar-refractivity contribution in [2.24, 2.45) is 0 Å². The average Bonchev–Trinajstić information content (AvgIpc) is 2.17. The maximum atomic E-state index is 11.1. The summed E-state index contributed by atoms with van der Waals surface area (Å²) >= 11 is 0. The summed E-state index contributed by atoms with van der Waals surface area (Å²) in [5.74, 6) is -2.54. The lowest BCUT2D eigenvalue weighted by Crippen LogP contribution is -2.40. The minimum Gasteiger partial charge on any atom is -0.475 e. The van der Waals surface area contributed by atoms with E-state index in [1.54, 1.807) is 0 Å². The Morgan fingerprint density at radius 2 is 2.00 bits per heavy atom. The standard InChI is InChI=1S/C9H14O5/c1-4-5-6(13-2)8(14-3)7(10)9(11)12/h4,6,8H,1,5H2,2-3H3,(H,11,12). The molecule has 1 N–H and O–H groups in total. The van der Waals surface area contributed by atoms with Gasteiger partial charge in [-0.3, -0.25) is 4.79 Å². The Kier molecular flexibility index (Phi) is 5.74. The first-order valence-corrected chi connectivity index (χ1v) is 4.02. The van der Waals surface area contributed by atoms with Gasteiger partial charge in [-0.1, -0.05) is 6.08 Å². The van der Waals surface area contributed by atoms with E-state index in [1.807, 2.05) is 0 Å². The smallest absolute Gasteiger partial charge is 0.375 e. The number of carboxylic acid groups (broad SMARTS) is 1. The van der Waals surface area contributed by atoms with E-state index in [2.05, 4.69) is 6.58 Å². The molecule has 0 heterocycles. The van der Waals surface area contributed by atoms with Crippen molar-refractivity contribution in [1.82, 2.24) is 0 Å². The van der Waals surface area contributed by atoms with Crippen molar-refractivity contribution in [1.29, 1.82) is 0 Å². The monoisotopic (exact) mass is 202 g/mol. The number of Topliss-reactive ketones (excluding diaryl/α,β-unsaturated/α-hetero) is 1. The molecule has 0 saturated heterocycles. The average molecular weight is 202 g/mol. The van der Waals surface area contributed by atoms with Crippen LogP contribution in [-0.2, 0) is 19.1 Å². The summed E-state index contributed by atoms with van der Waals surface area (Å²) in [6.07, 6.45) is 0.195. The molecule has 0 rings (SSSR count). The van der Waals surface area contributed by atoms with Crippen molar-refractivity contribution in [2.75, 3.05) is 14.2 Å². The van der Waals surface area contributed by atoms with Crippen LogP contribution in [0.5, 0.6) is 0 Å². The van der Waals surface area contributed by atoms with Gasteiger partial charge in [0, 0.05) is 14.2 Å². The van der Waals surface area contributed by atoms with Crippen LogP contribution >= 0.6 is 0 Å². The fraction of sp³-hybridized carbons (Fsp3) is 0.556. The van der Waals surface area contributed by atoms with Gasteiger partial charge in [-0.2, -0.15) is 0 Å². The molecule has 0 bridgehead atoms. The summed E-state index contributed by atoms with van der Waals surface area (Å²) in [5.41, 5.74) is 0. The first kappa shape index (κ1) is 12.8. The molecule has 0 aromatic carbocycles. The highest BCUT2D eigenvalue weighted by Crippen LogP contribution is 2.09. The Hall–Kier alpha value is -1.20. The number of carbonyl (C=O) groups excluding carboxylic acids is 1. The lowest BCUT2D eigenvalue weighted by atomic mass is 10.1. The van der Waals surface area contributed by atoms with Gasteiger partial charge >= 0.3 is 5.97 Å². The van der Waals surface area contributed by atoms with E-state index in [0.29, 0.717) is 6.42 Å². The van der Waals surface area contributed by atoms with Crippen LogP contribution < -0.4 is 0 Å². The molecular weight excluding hydrogens is 188 g/mol. The van der Waals surface area contributed by atoms with E-state index < -0.39 is 24.0 Å².